The lowest BCUT2D eigenvalue weighted by Crippen LogP contribution is -2.40. The Morgan fingerprint density at radius 3 is 2.52 bits per heavy atom. The summed E-state index contributed by atoms with van der Waals surface area (Å²) >= 11 is 0. The molecule has 1 aliphatic rings. The van der Waals surface area contributed by atoms with E-state index in [4.69, 9.17) is 0 Å². The summed E-state index contributed by atoms with van der Waals surface area (Å²) in [5, 5.41) is 2.77. The van der Waals surface area contributed by atoms with Crippen molar-refractivity contribution in [1.29, 1.82) is 0 Å². The summed E-state index contributed by atoms with van der Waals surface area (Å²) in [5.41, 5.74) is 1.16. The number of carbonyl (C=O) groups excluding carboxylic acids is 2. The monoisotopic (exact) mass is 289 g/mol. The number of carbonyl (C=O) groups is 2. The van der Waals surface area contributed by atoms with Crippen LogP contribution in [-0.2, 0) is 11.3 Å². The van der Waals surface area contributed by atoms with Crippen LogP contribution in [0, 0.1) is 5.92 Å². The number of nitrogens with one attached hydrogen (secondary N) is 1. The van der Waals surface area contributed by atoms with Gasteiger partial charge in [-0.3, -0.25) is 9.69 Å². The fourth-order valence-electron chi connectivity index (χ4n) is 2.53. The topological polar surface area (TPSA) is 52.7 Å². The van der Waals surface area contributed by atoms with E-state index in [0.717, 1.165) is 5.56 Å². The van der Waals surface area contributed by atoms with E-state index in [9.17, 15) is 9.59 Å². The van der Waals surface area contributed by atoms with Crippen LogP contribution in [-0.4, -0.2) is 41.5 Å². The van der Waals surface area contributed by atoms with Gasteiger partial charge in [-0.15, -0.1) is 0 Å². The van der Waals surface area contributed by atoms with Gasteiger partial charge >= 0.3 is 6.03 Å². The molecule has 0 aliphatic carbocycles. The van der Waals surface area contributed by atoms with E-state index in [-0.39, 0.29) is 18.0 Å². The average Bonchev–Trinajstić information content (AvgIpc) is 2.67. The van der Waals surface area contributed by atoms with Gasteiger partial charge in [0.25, 0.3) is 5.91 Å². The first-order valence-corrected chi connectivity index (χ1v) is 7.31. The van der Waals surface area contributed by atoms with E-state index in [1.54, 1.807) is 0 Å². The molecule has 2 rings (SSSR count). The molecule has 114 valence electrons. The minimum atomic E-state index is -0.373. The highest BCUT2D eigenvalue weighted by molar-refractivity contribution is 6.04. The Balaban J connectivity index is 1.93. The van der Waals surface area contributed by atoms with Gasteiger partial charge in [-0.05, 0) is 24.9 Å². The lowest BCUT2D eigenvalue weighted by molar-refractivity contribution is -0.129. The van der Waals surface area contributed by atoms with Gasteiger partial charge < -0.3 is 5.32 Å². The van der Waals surface area contributed by atoms with Crippen LogP contribution in [0.2, 0.25) is 0 Å². The van der Waals surface area contributed by atoms with Crippen molar-refractivity contribution < 1.29 is 9.59 Å². The molecule has 1 saturated heterocycles. The molecule has 1 N–H and O–H groups in total. The predicted molar refractivity (Wildman–Crippen MR) is 81.4 cm³/mol. The molecule has 0 aromatic heterocycles. The van der Waals surface area contributed by atoms with Gasteiger partial charge in [-0.25, -0.2) is 9.69 Å². The van der Waals surface area contributed by atoms with E-state index in [1.165, 1.54) is 4.90 Å². The Hall–Kier alpha value is -1.88. The normalized spacial score (nSPS) is 18.7. The number of rotatable bonds is 6. The molecule has 1 atom stereocenters. The van der Waals surface area contributed by atoms with Crippen molar-refractivity contribution in [2.45, 2.75) is 32.9 Å². The van der Waals surface area contributed by atoms with Crippen LogP contribution in [0.3, 0.4) is 0 Å². The second kappa shape index (κ2) is 6.72. The van der Waals surface area contributed by atoms with E-state index in [0.29, 0.717) is 25.6 Å². The molecular formula is C16H23N3O2. The van der Waals surface area contributed by atoms with Crippen molar-refractivity contribution in [3.63, 3.8) is 0 Å². The Kier molecular flexibility index (Phi) is 4.96. The van der Waals surface area contributed by atoms with Crippen LogP contribution in [0.1, 0.15) is 25.8 Å². The Bertz CT molecular complexity index is 502. The molecule has 1 aromatic carbocycles. The lowest BCUT2D eigenvalue weighted by Gasteiger charge is -2.22. The largest absolute Gasteiger partial charge is 0.326 e. The standard InChI is InChI=1S/C16H23N3O2/c1-12(2)9-14-15(20)19(16(21)17-14)11-18(3)10-13-7-5-4-6-8-13/h4-8,12,14H,9-11H2,1-3H3,(H,17,21)/t14-/m0/s1. The Morgan fingerprint density at radius 1 is 1.24 bits per heavy atom. The molecule has 3 amide bonds. The zero-order valence-electron chi connectivity index (χ0n) is 12.9. The van der Waals surface area contributed by atoms with E-state index >= 15 is 0 Å². The Morgan fingerprint density at radius 2 is 1.90 bits per heavy atom. The van der Waals surface area contributed by atoms with Crippen molar-refractivity contribution >= 4 is 11.9 Å². The maximum Gasteiger partial charge on any atom is 0.325 e. The van der Waals surface area contributed by atoms with Gasteiger partial charge in [0, 0.05) is 6.54 Å². The molecule has 0 radical (unpaired) electrons. The van der Waals surface area contributed by atoms with Gasteiger partial charge in [0.2, 0.25) is 0 Å². The van der Waals surface area contributed by atoms with Crippen molar-refractivity contribution in [3.05, 3.63) is 35.9 Å². The summed E-state index contributed by atoms with van der Waals surface area (Å²) in [6.45, 7) is 5.11. The first kappa shape index (κ1) is 15.5. The van der Waals surface area contributed by atoms with Crippen LogP contribution in [0.15, 0.2) is 30.3 Å². The molecule has 1 heterocycles. The quantitative estimate of drug-likeness (QED) is 0.815. The van der Waals surface area contributed by atoms with Gasteiger partial charge in [-0.2, -0.15) is 0 Å². The van der Waals surface area contributed by atoms with Crippen molar-refractivity contribution in [1.82, 2.24) is 15.1 Å². The number of nitrogens with zero attached hydrogens (tertiary/aromatic N) is 2. The molecule has 0 unspecified atom stereocenters. The van der Waals surface area contributed by atoms with E-state index in [1.807, 2.05) is 56.1 Å². The summed E-state index contributed by atoms with van der Waals surface area (Å²) < 4.78 is 0. The summed E-state index contributed by atoms with van der Waals surface area (Å²) in [6.07, 6.45) is 0.684. The minimum Gasteiger partial charge on any atom is -0.326 e. The molecule has 21 heavy (non-hydrogen) atoms. The number of imide groups is 1. The highest BCUT2D eigenvalue weighted by Crippen LogP contribution is 2.15. The van der Waals surface area contributed by atoms with E-state index < -0.39 is 0 Å². The highest BCUT2D eigenvalue weighted by atomic mass is 16.2. The van der Waals surface area contributed by atoms with Gasteiger partial charge in [-0.1, -0.05) is 44.2 Å². The van der Waals surface area contributed by atoms with Crippen LogP contribution in [0.4, 0.5) is 4.79 Å². The molecule has 0 saturated carbocycles. The maximum absolute atomic E-state index is 12.3. The molecule has 5 heteroatoms. The Labute approximate surface area is 125 Å². The SMILES string of the molecule is CC(C)C[C@@H]1NC(=O)N(CN(C)Cc2ccccc2)C1=O. The molecule has 1 aromatic rings. The van der Waals surface area contributed by atoms with Crippen molar-refractivity contribution in [3.8, 4) is 0 Å². The minimum absolute atomic E-state index is 0.117. The van der Waals surface area contributed by atoms with Crippen molar-refractivity contribution in [2.75, 3.05) is 13.7 Å². The molecular weight excluding hydrogens is 266 g/mol. The third-order valence-electron chi connectivity index (χ3n) is 3.49. The second-order valence-corrected chi connectivity index (χ2v) is 6.04. The van der Waals surface area contributed by atoms with Gasteiger partial charge in [0.1, 0.15) is 6.04 Å². The highest BCUT2D eigenvalue weighted by Gasteiger charge is 2.38. The molecule has 0 spiro atoms. The van der Waals surface area contributed by atoms with E-state index in [2.05, 4.69) is 5.32 Å². The van der Waals surface area contributed by atoms with Gasteiger partial charge in [0.15, 0.2) is 0 Å². The summed E-state index contributed by atoms with van der Waals surface area (Å²) in [5.74, 6) is 0.259. The first-order chi connectivity index (χ1) is 9.97. The maximum atomic E-state index is 12.3. The van der Waals surface area contributed by atoms with Crippen LogP contribution in [0.5, 0.6) is 0 Å². The molecule has 5 nitrogen and oxygen atoms in total. The van der Waals surface area contributed by atoms with Crippen LogP contribution < -0.4 is 5.32 Å². The summed E-state index contributed by atoms with van der Waals surface area (Å²) in [7, 11) is 1.91. The van der Waals surface area contributed by atoms with Crippen LogP contribution in [0.25, 0.3) is 0 Å². The fourth-order valence-corrected chi connectivity index (χ4v) is 2.53. The predicted octanol–water partition coefficient (Wildman–Crippen LogP) is 2.04. The molecule has 1 aliphatic heterocycles. The van der Waals surface area contributed by atoms with Crippen LogP contribution >= 0.6 is 0 Å². The third kappa shape index (κ3) is 4.04. The summed E-state index contributed by atoms with van der Waals surface area (Å²) in [4.78, 5) is 27.5. The number of hydrogen-bond donors (Lipinski definition) is 1. The second-order valence-electron chi connectivity index (χ2n) is 6.04. The number of hydrogen-bond acceptors (Lipinski definition) is 3. The fraction of sp³-hybridized carbons (Fsp3) is 0.500. The average molecular weight is 289 g/mol. The zero-order chi connectivity index (χ0) is 15.4. The number of benzene rings is 1. The number of urea groups is 1. The zero-order valence-corrected chi connectivity index (χ0v) is 12.9. The molecule has 1 fully saturated rings. The lowest BCUT2D eigenvalue weighted by atomic mass is 10.0. The summed E-state index contributed by atoms with van der Waals surface area (Å²) in [6, 6.07) is 9.34. The third-order valence-corrected chi connectivity index (χ3v) is 3.49. The van der Waals surface area contributed by atoms with Crippen molar-refractivity contribution in [2.24, 2.45) is 5.92 Å². The van der Waals surface area contributed by atoms with Gasteiger partial charge in [0.05, 0.1) is 6.67 Å². The molecule has 0 bridgehead atoms. The number of amides is 3. The first-order valence-electron chi connectivity index (χ1n) is 7.31. The smallest absolute Gasteiger partial charge is 0.325 e.